The van der Waals surface area contributed by atoms with Crippen LogP contribution >= 0.6 is 34.7 Å². The number of benzene rings is 3. The van der Waals surface area contributed by atoms with Gasteiger partial charge in [0.05, 0.1) is 22.5 Å². The summed E-state index contributed by atoms with van der Waals surface area (Å²) in [5.74, 6) is -1.29. The van der Waals surface area contributed by atoms with Gasteiger partial charge in [-0.05, 0) is 73.6 Å². The topological polar surface area (TPSA) is 109 Å². The van der Waals surface area contributed by atoms with Crippen LogP contribution < -0.4 is 19.8 Å². The molecule has 2 bridgehead atoms. The van der Waals surface area contributed by atoms with Crippen LogP contribution in [0.2, 0.25) is 5.02 Å². The van der Waals surface area contributed by atoms with Crippen molar-refractivity contribution in [2.24, 2.45) is 29.6 Å². The minimum absolute atomic E-state index is 0.0111. The Bertz CT molecular complexity index is 1910. The van der Waals surface area contributed by atoms with Gasteiger partial charge in [0, 0.05) is 32.3 Å². The number of nitrogens with one attached hydrogen (secondary N) is 2. The van der Waals surface area contributed by atoms with Crippen molar-refractivity contribution in [1.29, 1.82) is 0 Å². The lowest BCUT2D eigenvalue weighted by Crippen LogP contribution is -2.42. The summed E-state index contributed by atoms with van der Waals surface area (Å²) in [6.45, 7) is 1.76. The first-order chi connectivity index (χ1) is 21.8. The largest absolute Gasteiger partial charge is 0.483 e. The Hall–Kier alpha value is -3.86. The van der Waals surface area contributed by atoms with Gasteiger partial charge in [-0.2, -0.15) is 0 Å². The van der Waals surface area contributed by atoms with Gasteiger partial charge in [-0.15, -0.1) is 11.8 Å². The smallest absolute Gasteiger partial charge is 0.305 e. The van der Waals surface area contributed by atoms with Crippen molar-refractivity contribution in [1.82, 2.24) is 4.98 Å². The van der Waals surface area contributed by atoms with Gasteiger partial charge in [0.1, 0.15) is 5.75 Å². The number of carbonyl (C=O) groups is 3. The Labute approximate surface area is 272 Å². The van der Waals surface area contributed by atoms with Crippen LogP contribution in [0.5, 0.6) is 5.75 Å². The quantitative estimate of drug-likeness (QED) is 0.243. The van der Waals surface area contributed by atoms with Crippen LogP contribution in [0, 0.1) is 36.5 Å². The van der Waals surface area contributed by atoms with Crippen LogP contribution in [-0.4, -0.2) is 34.6 Å². The number of nitrogens with zero attached hydrogens (tertiary/aromatic N) is 1. The molecule has 7 atom stereocenters. The summed E-state index contributed by atoms with van der Waals surface area (Å²) in [5, 5.41) is 4.18. The number of aromatic amines is 1. The summed E-state index contributed by atoms with van der Waals surface area (Å²) in [6.07, 6.45) is 0.767. The Morgan fingerprint density at radius 3 is 2.49 bits per heavy atom. The van der Waals surface area contributed by atoms with Gasteiger partial charge in [-0.25, -0.2) is 0 Å². The first kappa shape index (κ1) is 28.6. The number of hydrogen-bond acceptors (Lipinski definition) is 7. The first-order valence-electron chi connectivity index (χ1n) is 14.9. The SMILES string of the molecule is Cc1ccc(NC(=O)COc2ccc(Cl)cc2[C@H]2c3sc(=O)[nH]c3SC3C2[C@H]2C[C@@H]3C3C(=O)N(c4ccccc4)C(=O)C32)cc1. The summed E-state index contributed by atoms with van der Waals surface area (Å²) < 4.78 is 6.16. The second-order valence-corrected chi connectivity index (χ2v) is 14.8. The molecule has 1 saturated heterocycles. The molecular formula is C34H28ClN3O5S2. The highest BCUT2D eigenvalue weighted by atomic mass is 35.5. The number of thioether (sulfide) groups is 1. The van der Waals surface area contributed by atoms with Gasteiger partial charge in [0.25, 0.3) is 5.91 Å². The molecule has 3 heterocycles. The number of carbonyl (C=O) groups excluding carboxylic acids is 3. The number of hydrogen-bond donors (Lipinski definition) is 2. The molecule has 45 heavy (non-hydrogen) atoms. The normalized spacial score (nSPS) is 27.7. The minimum Gasteiger partial charge on any atom is -0.483 e. The second kappa shape index (κ2) is 10.9. The molecule has 2 aliphatic carbocycles. The van der Waals surface area contributed by atoms with Crippen LogP contribution in [0.1, 0.15) is 28.3 Å². The Balaban J connectivity index is 1.14. The number of ether oxygens (including phenoxy) is 1. The third-order valence-electron chi connectivity index (χ3n) is 9.74. The van der Waals surface area contributed by atoms with E-state index in [1.807, 2.05) is 55.5 Å². The molecule has 3 aromatic carbocycles. The fourth-order valence-corrected chi connectivity index (χ4v) is 11.1. The number of aromatic nitrogens is 1. The van der Waals surface area contributed by atoms with Gasteiger partial charge < -0.3 is 15.0 Å². The monoisotopic (exact) mass is 657 g/mol. The zero-order chi connectivity index (χ0) is 31.0. The van der Waals surface area contributed by atoms with Crippen LogP contribution in [-0.2, 0) is 14.4 Å². The van der Waals surface area contributed by atoms with Crippen molar-refractivity contribution < 1.29 is 19.1 Å². The number of amides is 3. The highest BCUT2D eigenvalue weighted by Gasteiger charge is 2.69. The number of anilines is 2. The zero-order valence-corrected chi connectivity index (χ0v) is 26.5. The summed E-state index contributed by atoms with van der Waals surface area (Å²) in [5.41, 5.74) is 3.15. The summed E-state index contributed by atoms with van der Waals surface area (Å²) in [4.78, 5) is 58.5. The number of H-pyrrole nitrogens is 1. The van der Waals surface area contributed by atoms with E-state index in [0.717, 1.165) is 38.8 Å². The number of thiazole rings is 1. The summed E-state index contributed by atoms with van der Waals surface area (Å²) in [7, 11) is 0. The van der Waals surface area contributed by atoms with Crippen LogP contribution in [0.25, 0.3) is 0 Å². The molecule has 2 aliphatic heterocycles. The highest BCUT2D eigenvalue weighted by Crippen LogP contribution is 2.69. The Kier molecular flexibility index (Phi) is 6.92. The van der Waals surface area contributed by atoms with Gasteiger partial charge >= 0.3 is 4.87 Å². The third-order valence-corrected chi connectivity index (χ3v) is 12.6. The van der Waals surface area contributed by atoms with E-state index in [4.69, 9.17) is 16.3 Å². The lowest BCUT2D eigenvalue weighted by molar-refractivity contribution is -0.123. The van der Waals surface area contributed by atoms with Crippen molar-refractivity contribution in [2.45, 2.75) is 29.5 Å². The molecule has 3 fully saturated rings. The van der Waals surface area contributed by atoms with Gasteiger partial charge in [-0.3, -0.25) is 24.1 Å². The van der Waals surface area contributed by atoms with Gasteiger partial charge in [0.15, 0.2) is 6.61 Å². The van der Waals surface area contributed by atoms with Crippen molar-refractivity contribution in [2.75, 3.05) is 16.8 Å². The number of fused-ring (bicyclic) bond motifs is 9. The number of imide groups is 1. The van der Waals surface area contributed by atoms with Crippen molar-refractivity contribution >= 4 is 63.8 Å². The highest BCUT2D eigenvalue weighted by molar-refractivity contribution is 8.00. The van der Waals surface area contributed by atoms with Crippen molar-refractivity contribution in [3.05, 3.63) is 103 Å². The Morgan fingerprint density at radius 1 is 1.00 bits per heavy atom. The molecule has 1 aromatic heterocycles. The van der Waals surface area contributed by atoms with Gasteiger partial charge in [0.2, 0.25) is 11.8 Å². The van der Waals surface area contributed by atoms with E-state index in [9.17, 15) is 19.2 Å². The molecule has 11 heteroatoms. The summed E-state index contributed by atoms with van der Waals surface area (Å²) in [6, 6.07) is 22.0. The number of halogens is 1. The molecule has 4 aromatic rings. The molecular weight excluding hydrogens is 630 g/mol. The van der Waals surface area contributed by atoms with Crippen LogP contribution in [0.3, 0.4) is 0 Å². The molecule has 3 amide bonds. The zero-order valence-electron chi connectivity index (χ0n) is 24.1. The molecule has 2 N–H and O–H groups in total. The molecule has 0 spiro atoms. The average molecular weight is 658 g/mol. The van der Waals surface area contributed by atoms with Crippen LogP contribution in [0.4, 0.5) is 11.4 Å². The lowest BCUT2D eigenvalue weighted by atomic mass is 9.68. The predicted octanol–water partition coefficient (Wildman–Crippen LogP) is 6.09. The number of aryl methyl sites for hydroxylation is 1. The maximum absolute atomic E-state index is 14.0. The average Bonchev–Trinajstić information content (AvgIpc) is 3.77. The minimum atomic E-state index is -0.423. The second-order valence-electron chi connectivity index (χ2n) is 12.2. The Morgan fingerprint density at radius 2 is 1.73 bits per heavy atom. The van der Waals surface area contributed by atoms with Gasteiger partial charge in [-0.1, -0.05) is 58.8 Å². The van der Waals surface area contributed by atoms with Crippen molar-refractivity contribution in [3.8, 4) is 5.75 Å². The van der Waals surface area contributed by atoms with E-state index < -0.39 is 5.92 Å². The van der Waals surface area contributed by atoms with E-state index in [1.165, 1.54) is 4.90 Å². The fourth-order valence-electron chi connectivity index (χ4n) is 8.07. The fraction of sp³-hybridized carbons (Fsp3) is 0.294. The predicted molar refractivity (Wildman–Crippen MR) is 174 cm³/mol. The third kappa shape index (κ3) is 4.64. The maximum Gasteiger partial charge on any atom is 0.305 e. The van der Waals surface area contributed by atoms with E-state index >= 15 is 0 Å². The summed E-state index contributed by atoms with van der Waals surface area (Å²) >= 11 is 9.37. The standard InChI is InChI=1S/C34H28ClN3O5S2/c1-16-7-10-18(11-8-16)36-24(39)15-43-23-12-9-17(35)13-20(23)25-26-21-14-22(29(26)44-31-30(25)45-34(42)37-31)28-27(21)32(40)38(33(28)41)19-5-3-2-4-6-19/h2-13,21-22,25-29H,14-15H2,1H3,(H,36,39)(H,37,42)/t21-,22-,25-,26?,27?,28?,29?/m1/s1. The molecule has 4 aliphatic rings. The van der Waals surface area contributed by atoms with E-state index in [-0.39, 0.29) is 64.0 Å². The van der Waals surface area contributed by atoms with Crippen molar-refractivity contribution in [3.63, 3.8) is 0 Å². The molecule has 228 valence electrons. The molecule has 8 nitrogen and oxygen atoms in total. The molecule has 0 radical (unpaired) electrons. The number of para-hydroxylation sites is 1. The lowest BCUT2D eigenvalue weighted by Gasteiger charge is -2.43. The van der Waals surface area contributed by atoms with E-state index in [2.05, 4.69) is 10.3 Å². The van der Waals surface area contributed by atoms with Crippen LogP contribution in [0.15, 0.2) is 82.6 Å². The number of rotatable bonds is 6. The van der Waals surface area contributed by atoms with E-state index in [0.29, 0.717) is 22.1 Å². The maximum atomic E-state index is 14.0. The molecule has 4 unspecified atom stereocenters. The molecule has 2 saturated carbocycles. The first-order valence-corrected chi connectivity index (χ1v) is 17.0. The van der Waals surface area contributed by atoms with E-state index in [1.54, 1.807) is 36.0 Å². The molecule has 8 rings (SSSR count).